The maximum absolute atomic E-state index is 12.7. The fraction of sp³-hybridized carbons (Fsp3) is 0.278. The summed E-state index contributed by atoms with van der Waals surface area (Å²) >= 11 is 0. The standard InChI is InChI=1S/C18H19NO2/c1-13-16(7-4-8-17(13)20)18(21)19-11-9-14-5-2-3-6-15(14)10-12-19/h2-8,20H,9-12H2,1H3. The maximum Gasteiger partial charge on any atom is 0.254 e. The molecule has 0 radical (unpaired) electrons. The third kappa shape index (κ3) is 2.64. The van der Waals surface area contributed by atoms with Crippen molar-refractivity contribution in [3.63, 3.8) is 0 Å². The molecule has 0 atom stereocenters. The number of phenols is 1. The maximum atomic E-state index is 12.7. The molecule has 0 saturated heterocycles. The Morgan fingerprint density at radius 3 is 2.24 bits per heavy atom. The van der Waals surface area contributed by atoms with Crippen LogP contribution in [0, 0.1) is 6.92 Å². The van der Waals surface area contributed by atoms with Crippen LogP contribution < -0.4 is 0 Å². The van der Waals surface area contributed by atoms with Crippen molar-refractivity contribution in [1.82, 2.24) is 4.90 Å². The third-order valence-corrected chi connectivity index (χ3v) is 4.24. The van der Waals surface area contributed by atoms with Crippen molar-refractivity contribution in [2.75, 3.05) is 13.1 Å². The van der Waals surface area contributed by atoms with Crippen molar-refractivity contribution in [2.24, 2.45) is 0 Å². The normalized spacial score (nSPS) is 14.4. The van der Waals surface area contributed by atoms with Gasteiger partial charge in [-0.3, -0.25) is 4.79 Å². The summed E-state index contributed by atoms with van der Waals surface area (Å²) in [5, 5.41) is 9.77. The van der Waals surface area contributed by atoms with Gasteiger partial charge in [-0.2, -0.15) is 0 Å². The molecule has 0 aliphatic carbocycles. The van der Waals surface area contributed by atoms with Crippen molar-refractivity contribution in [1.29, 1.82) is 0 Å². The molecule has 21 heavy (non-hydrogen) atoms. The second-order valence-corrected chi connectivity index (χ2v) is 5.51. The number of phenolic OH excluding ortho intramolecular Hbond substituents is 1. The van der Waals surface area contributed by atoms with Gasteiger partial charge in [0.15, 0.2) is 0 Å². The zero-order valence-electron chi connectivity index (χ0n) is 12.2. The first-order valence-corrected chi connectivity index (χ1v) is 7.31. The molecule has 0 saturated carbocycles. The molecule has 1 aliphatic rings. The van der Waals surface area contributed by atoms with Crippen LogP contribution in [-0.2, 0) is 12.8 Å². The number of aromatic hydroxyl groups is 1. The van der Waals surface area contributed by atoms with Gasteiger partial charge in [-0.1, -0.05) is 30.3 Å². The number of rotatable bonds is 1. The van der Waals surface area contributed by atoms with Gasteiger partial charge in [-0.25, -0.2) is 0 Å². The predicted octanol–water partition coefficient (Wildman–Crippen LogP) is 2.94. The number of fused-ring (bicyclic) bond motifs is 1. The van der Waals surface area contributed by atoms with Crippen molar-refractivity contribution < 1.29 is 9.90 Å². The number of hydrogen-bond donors (Lipinski definition) is 1. The van der Waals surface area contributed by atoms with Gasteiger partial charge in [0.2, 0.25) is 0 Å². The van der Waals surface area contributed by atoms with Crippen LogP contribution in [0.15, 0.2) is 42.5 Å². The quantitative estimate of drug-likeness (QED) is 0.873. The van der Waals surface area contributed by atoms with Gasteiger partial charge in [0.25, 0.3) is 5.91 Å². The lowest BCUT2D eigenvalue weighted by atomic mass is 10.0. The Hall–Kier alpha value is -2.29. The van der Waals surface area contributed by atoms with E-state index in [1.54, 1.807) is 25.1 Å². The lowest BCUT2D eigenvalue weighted by Crippen LogP contribution is -2.33. The Labute approximate surface area is 124 Å². The van der Waals surface area contributed by atoms with E-state index in [0.717, 1.165) is 25.9 Å². The SMILES string of the molecule is Cc1c(O)cccc1C(=O)N1CCc2ccccc2CC1. The van der Waals surface area contributed by atoms with E-state index >= 15 is 0 Å². The molecule has 1 N–H and O–H groups in total. The van der Waals surface area contributed by atoms with Crippen LogP contribution in [0.3, 0.4) is 0 Å². The van der Waals surface area contributed by atoms with Crippen molar-refractivity contribution in [3.05, 3.63) is 64.7 Å². The molecule has 2 aromatic rings. The molecule has 0 bridgehead atoms. The van der Waals surface area contributed by atoms with Gasteiger partial charge in [0.1, 0.15) is 5.75 Å². The zero-order chi connectivity index (χ0) is 14.8. The van der Waals surface area contributed by atoms with E-state index in [0.29, 0.717) is 11.1 Å². The van der Waals surface area contributed by atoms with E-state index in [4.69, 9.17) is 0 Å². The van der Waals surface area contributed by atoms with Gasteiger partial charge in [0.05, 0.1) is 0 Å². The summed E-state index contributed by atoms with van der Waals surface area (Å²) in [5.74, 6) is 0.190. The van der Waals surface area contributed by atoms with Crippen LogP contribution in [0.5, 0.6) is 5.75 Å². The Balaban J connectivity index is 1.83. The monoisotopic (exact) mass is 281 g/mol. The summed E-state index contributed by atoms with van der Waals surface area (Å²) < 4.78 is 0. The molecule has 0 unspecified atom stereocenters. The molecule has 2 aromatic carbocycles. The molecule has 3 rings (SSSR count). The predicted molar refractivity (Wildman–Crippen MR) is 82.6 cm³/mol. The van der Waals surface area contributed by atoms with E-state index in [9.17, 15) is 9.90 Å². The van der Waals surface area contributed by atoms with Crippen molar-refractivity contribution in [3.8, 4) is 5.75 Å². The summed E-state index contributed by atoms with van der Waals surface area (Å²) in [4.78, 5) is 14.6. The van der Waals surface area contributed by atoms with Gasteiger partial charge < -0.3 is 10.0 Å². The number of hydrogen-bond acceptors (Lipinski definition) is 2. The van der Waals surface area contributed by atoms with Crippen LogP contribution in [0.1, 0.15) is 27.0 Å². The minimum Gasteiger partial charge on any atom is -0.508 e. The first-order valence-electron chi connectivity index (χ1n) is 7.31. The van der Waals surface area contributed by atoms with E-state index in [2.05, 4.69) is 24.3 Å². The van der Waals surface area contributed by atoms with Crippen LogP contribution >= 0.6 is 0 Å². The molecular formula is C18H19NO2. The largest absolute Gasteiger partial charge is 0.508 e. The molecule has 3 nitrogen and oxygen atoms in total. The third-order valence-electron chi connectivity index (χ3n) is 4.24. The number of nitrogens with zero attached hydrogens (tertiary/aromatic N) is 1. The van der Waals surface area contributed by atoms with E-state index < -0.39 is 0 Å². The molecular weight excluding hydrogens is 262 g/mol. The van der Waals surface area contributed by atoms with Gasteiger partial charge in [-0.15, -0.1) is 0 Å². The molecule has 1 aliphatic heterocycles. The second-order valence-electron chi connectivity index (χ2n) is 5.51. The average Bonchev–Trinajstić information content (AvgIpc) is 2.72. The Morgan fingerprint density at radius 1 is 1.00 bits per heavy atom. The molecule has 1 amide bonds. The highest BCUT2D eigenvalue weighted by Crippen LogP contribution is 2.22. The number of carbonyl (C=O) groups excluding carboxylic acids is 1. The van der Waals surface area contributed by atoms with Gasteiger partial charge >= 0.3 is 0 Å². The van der Waals surface area contributed by atoms with Gasteiger partial charge in [0, 0.05) is 24.2 Å². The minimum absolute atomic E-state index is 0.0104. The topological polar surface area (TPSA) is 40.5 Å². The lowest BCUT2D eigenvalue weighted by molar-refractivity contribution is 0.0762. The molecule has 0 fully saturated rings. The first kappa shape index (κ1) is 13.7. The first-order chi connectivity index (χ1) is 10.2. The highest BCUT2D eigenvalue weighted by Gasteiger charge is 2.21. The van der Waals surface area contributed by atoms with E-state index in [-0.39, 0.29) is 11.7 Å². The lowest BCUT2D eigenvalue weighted by Gasteiger charge is -2.21. The van der Waals surface area contributed by atoms with Crippen molar-refractivity contribution >= 4 is 5.91 Å². The van der Waals surface area contributed by atoms with Gasteiger partial charge in [-0.05, 0) is 43.0 Å². The van der Waals surface area contributed by atoms with E-state index in [1.165, 1.54) is 11.1 Å². The summed E-state index contributed by atoms with van der Waals surface area (Å²) in [5.41, 5.74) is 3.92. The molecule has 108 valence electrons. The fourth-order valence-corrected chi connectivity index (χ4v) is 2.90. The zero-order valence-corrected chi connectivity index (χ0v) is 12.2. The Bertz CT molecular complexity index is 652. The van der Waals surface area contributed by atoms with E-state index in [1.807, 2.05) is 4.90 Å². The molecule has 3 heteroatoms. The molecule has 0 aromatic heterocycles. The second kappa shape index (κ2) is 5.60. The summed E-state index contributed by atoms with van der Waals surface area (Å²) in [6.07, 6.45) is 1.78. The number of carbonyl (C=O) groups is 1. The Kier molecular flexibility index (Phi) is 3.65. The highest BCUT2D eigenvalue weighted by atomic mass is 16.3. The number of amides is 1. The Morgan fingerprint density at radius 2 is 1.62 bits per heavy atom. The number of benzene rings is 2. The van der Waals surface area contributed by atoms with Crippen LogP contribution in [-0.4, -0.2) is 29.0 Å². The molecule has 1 heterocycles. The van der Waals surface area contributed by atoms with Crippen LogP contribution in [0.4, 0.5) is 0 Å². The molecule has 0 spiro atoms. The fourth-order valence-electron chi connectivity index (χ4n) is 2.90. The highest BCUT2D eigenvalue weighted by molar-refractivity contribution is 5.96. The van der Waals surface area contributed by atoms with Crippen molar-refractivity contribution in [2.45, 2.75) is 19.8 Å². The minimum atomic E-state index is 0.0104. The van der Waals surface area contributed by atoms with Crippen LogP contribution in [0.25, 0.3) is 0 Å². The summed E-state index contributed by atoms with van der Waals surface area (Å²) in [6, 6.07) is 13.5. The van der Waals surface area contributed by atoms with Crippen LogP contribution in [0.2, 0.25) is 0 Å². The smallest absolute Gasteiger partial charge is 0.254 e. The summed E-state index contributed by atoms with van der Waals surface area (Å²) in [7, 11) is 0. The average molecular weight is 281 g/mol. The summed E-state index contributed by atoms with van der Waals surface area (Å²) in [6.45, 7) is 3.24.